The fraction of sp³-hybridized carbons (Fsp3) is 1.00. The molecule has 0 aromatic heterocycles. The number of rotatable bonds is 5. The van der Waals surface area contributed by atoms with Crippen LogP contribution in [0.1, 0.15) is 53.4 Å². The van der Waals surface area contributed by atoms with Gasteiger partial charge in [0.2, 0.25) is 0 Å². The summed E-state index contributed by atoms with van der Waals surface area (Å²) in [6, 6.07) is 2.12. The molecular weight excluding hydrogens is 196 g/mol. The first-order chi connectivity index (χ1) is 7.56. The molecule has 2 unspecified atom stereocenters. The van der Waals surface area contributed by atoms with E-state index in [2.05, 4.69) is 45.0 Å². The van der Waals surface area contributed by atoms with Gasteiger partial charge in [-0.3, -0.25) is 4.90 Å². The Bertz CT molecular complexity index is 189. The maximum atomic E-state index is 3.52. The average molecular weight is 226 g/mol. The van der Waals surface area contributed by atoms with Gasteiger partial charge in [0.1, 0.15) is 0 Å². The van der Waals surface area contributed by atoms with Crippen LogP contribution in [0.4, 0.5) is 0 Å². The lowest BCUT2D eigenvalue weighted by molar-refractivity contribution is 0.0824. The van der Waals surface area contributed by atoms with E-state index in [1.807, 2.05) is 0 Å². The van der Waals surface area contributed by atoms with Crippen LogP contribution in [0.5, 0.6) is 0 Å². The highest BCUT2D eigenvalue weighted by Gasteiger charge is 2.30. The second-order valence-corrected chi connectivity index (χ2v) is 5.93. The van der Waals surface area contributed by atoms with E-state index in [9.17, 15) is 0 Å². The molecule has 1 aliphatic carbocycles. The first kappa shape index (κ1) is 14.0. The second-order valence-electron chi connectivity index (χ2n) is 5.93. The molecule has 1 N–H and O–H groups in total. The van der Waals surface area contributed by atoms with Crippen LogP contribution in [-0.2, 0) is 0 Å². The van der Waals surface area contributed by atoms with E-state index >= 15 is 0 Å². The van der Waals surface area contributed by atoms with Gasteiger partial charge in [0.25, 0.3) is 0 Å². The minimum absolute atomic E-state index is 0.668. The minimum atomic E-state index is 0.668. The molecule has 1 rings (SSSR count). The van der Waals surface area contributed by atoms with E-state index in [4.69, 9.17) is 0 Å². The molecule has 2 nitrogen and oxygen atoms in total. The maximum absolute atomic E-state index is 3.52. The number of hydrogen-bond donors (Lipinski definition) is 1. The Hall–Kier alpha value is -0.0800. The smallest absolute Gasteiger partial charge is 0.0252 e. The predicted molar refractivity (Wildman–Crippen MR) is 71.8 cm³/mol. The number of likely N-dealkylation sites (N-methyl/N-ethyl adjacent to an activating group) is 1. The highest BCUT2D eigenvalue weighted by molar-refractivity contribution is 4.89. The monoisotopic (exact) mass is 226 g/mol. The molecule has 0 radical (unpaired) electrons. The lowest BCUT2D eigenvalue weighted by Gasteiger charge is -2.43. The van der Waals surface area contributed by atoms with Crippen LogP contribution >= 0.6 is 0 Å². The molecule has 0 aromatic carbocycles. The normalized spacial score (nSPS) is 27.0. The summed E-state index contributed by atoms with van der Waals surface area (Å²) in [4.78, 5) is 2.71. The van der Waals surface area contributed by atoms with E-state index in [1.165, 1.54) is 32.2 Å². The van der Waals surface area contributed by atoms with E-state index in [0.29, 0.717) is 12.1 Å². The van der Waals surface area contributed by atoms with Crippen molar-refractivity contribution in [3.63, 3.8) is 0 Å². The van der Waals surface area contributed by atoms with E-state index in [1.54, 1.807) is 0 Å². The van der Waals surface area contributed by atoms with Gasteiger partial charge in [-0.05, 0) is 39.7 Å². The lowest BCUT2D eigenvalue weighted by atomic mass is 9.88. The number of hydrogen-bond acceptors (Lipinski definition) is 2. The van der Waals surface area contributed by atoms with Crippen LogP contribution in [0.25, 0.3) is 0 Å². The zero-order chi connectivity index (χ0) is 12.1. The summed E-state index contributed by atoms with van der Waals surface area (Å²) in [5.41, 5.74) is 0. The molecule has 1 aliphatic rings. The number of nitrogens with one attached hydrogen (secondary N) is 1. The summed E-state index contributed by atoms with van der Waals surface area (Å²) < 4.78 is 0. The zero-order valence-electron chi connectivity index (χ0n) is 11.8. The van der Waals surface area contributed by atoms with Crippen molar-refractivity contribution in [1.29, 1.82) is 0 Å². The molecule has 0 saturated heterocycles. The summed E-state index contributed by atoms with van der Waals surface area (Å²) in [6.07, 6.45) is 5.53. The molecule has 0 aromatic rings. The summed E-state index contributed by atoms with van der Waals surface area (Å²) in [5.74, 6) is 0.766. The molecule has 0 heterocycles. The first-order valence-corrected chi connectivity index (χ1v) is 6.99. The highest BCUT2D eigenvalue weighted by atomic mass is 15.2. The van der Waals surface area contributed by atoms with Gasteiger partial charge >= 0.3 is 0 Å². The third-order valence-electron chi connectivity index (χ3n) is 3.77. The molecule has 1 saturated carbocycles. The molecule has 16 heavy (non-hydrogen) atoms. The summed E-state index contributed by atoms with van der Waals surface area (Å²) >= 11 is 0. The molecule has 2 heteroatoms. The van der Waals surface area contributed by atoms with Crippen molar-refractivity contribution >= 4 is 0 Å². The van der Waals surface area contributed by atoms with Gasteiger partial charge in [0, 0.05) is 24.7 Å². The Morgan fingerprint density at radius 2 is 1.75 bits per heavy atom. The molecule has 0 spiro atoms. The van der Waals surface area contributed by atoms with Gasteiger partial charge in [0.05, 0.1) is 0 Å². The van der Waals surface area contributed by atoms with Gasteiger partial charge in [-0.2, -0.15) is 0 Å². The van der Waals surface area contributed by atoms with Crippen molar-refractivity contribution in [2.45, 2.75) is 71.5 Å². The van der Waals surface area contributed by atoms with Crippen molar-refractivity contribution in [3.8, 4) is 0 Å². The van der Waals surface area contributed by atoms with Gasteiger partial charge in [0.15, 0.2) is 0 Å². The Labute approximate surface area is 102 Å². The standard InChI is InChI=1S/C14H30N2/c1-11(2)10-16(12(3)4)14-9-7-6-8-13(14)15-5/h11-15H,6-10H2,1-5H3. The van der Waals surface area contributed by atoms with E-state index in [0.717, 1.165) is 12.0 Å². The second kappa shape index (κ2) is 6.61. The van der Waals surface area contributed by atoms with Crippen molar-refractivity contribution in [1.82, 2.24) is 10.2 Å². The Balaban J connectivity index is 2.66. The maximum Gasteiger partial charge on any atom is 0.0252 e. The van der Waals surface area contributed by atoms with Crippen molar-refractivity contribution in [2.24, 2.45) is 5.92 Å². The zero-order valence-corrected chi connectivity index (χ0v) is 11.8. The van der Waals surface area contributed by atoms with Crippen LogP contribution in [0.15, 0.2) is 0 Å². The quantitative estimate of drug-likeness (QED) is 0.775. The van der Waals surface area contributed by atoms with Gasteiger partial charge < -0.3 is 5.32 Å². The number of nitrogens with zero attached hydrogens (tertiary/aromatic N) is 1. The molecule has 0 bridgehead atoms. The summed E-state index contributed by atoms with van der Waals surface area (Å²) in [7, 11) is 2.12. The molecule has 1 fully saturated rings. The van der Waals surface area contributed by atoms with Gasteiger partial charge in [-0.25, -0.2) is 0 Å². The van der Waals surface area contributed by atoms with E-state index in [-0.39, 0.29) is 0 Å². The highest BCUT2D eigenvalue weighted by Crippen LogP contribution is 2.25. The topological polar surface area (TPSA) is 15.3 Å². The predicted octanol–water partition coefficient (Wildman–Crippen LogP) is 2.88. The molecule has 2 atom stereocenters. The van der Waals surface area contributed by atoms with Crippen LogP contribution in [0.3, 0.4) is 0 Å². The minimum Gasteiger partial charge on any atom is -0.315 e. The van der Waals surface area contributed by atoms with Crippen LogP contribution < -0.4 is 5.32 Å². The van der Waals surface area contributed by atoms with Crippen molar-refractivity contribution < 1.29 is 0 Å². The van der Waals surface area contributed by atoms with Crippen LogP contribution in [0.2, 0.25) is 0 Å². The van der Waals surface area contributed by atoms with Gasteiger partial charge in [-0.15, -0.1) is 0 Å². The molecule has 0 amide bonds. The van der Waals surface area contributed by atoms with E-state index < -0.39 is 0 Å². The first-order valence-electron chi connectivity index (χ1n) is 6.99. The molecule has 0 aliphatic heterocycles. The molecule has 96 valence electrons. The third kappa shape index (κ3) is 3.74. The van der Waals surface area contributed by atoms with Gasteiger partial charge in [-0.1, -0.05) is 26.7 Å². The Morgan fingerprint density at radius 3 is 2.25 bits per heavy atom. The average Bonchev–Trinajstić information content (AvgIpc) is 2.25. The fourth-order valence-electron chi connectivity index (χ4n) is 3.00. The summed E-state index contributed by atoms with van der Waals surface area (Å²) in [5, 5.41) is 3.52. The third-order valence-corrected chi connectivity index (χ3v) is 3.77. The Kier molecular flexibility index (Phi) is 5.77. The van der Waals surface area contributed by atoms with Crippen LogP contribution in [-0.4, -0.2) is 36.6 Å². The molecular formula is C14H30N2. The largest absolute Gasteiger partial charge is 0.315 e. The fourth-order valence-corrected chi connectivity index (χ4v) is 3.00. The SMILES string of the molecule is CNC1CCCCC1N(CC(C)C)C(C)C. The summed E-state index contributed by atoms with van der Waals surface area (Å²) in [6.45, 7) is 10.6. The van der Waals surface area contributed by atoms with Crippen molar-refractivity contribution in [2.75, 3.05) is 13.6 Å². The lowest BCUT2D eigenvalue weighted by Crippen LogP contribution is -2.54. The Morgan fingerprint density at radius 1 is 1.12 bits per heavy atom. The van der Waals surface area contributed by atoms with Crippen molar-refractivity contribution in [3.05, 3.63) is 0 Å². The van der Waals surface area contributed by atoms with Crippen LogP contribution in [0, 0.1) is 5.92 Å².